The van der Waals surface area contributed by atoms with Crippen LogP contribution in [0.5, 0.6) is 0 Å². The second kappa shape index (κ2) is 9.15. The van der Waals surface area contributed by atoms with Gasteiger partial charge in [-0.2, -0.15) is 0 Å². The number of carboxylic acid groups (broad SMARTS) is 1. The summed E-state index contributed by atoms with van der Waals surface area (Å²) < 4.78 is 4.97. The first kappa shape index (κ1) is 17.2. The Morgan fingerprint density at radius 1 is 1.16 bits per heavy atom. The fraction of sp³-hybridized carbons (Fsp3) is 0.727. The van der Waals surface area contributed by atoms with E-state index in [2.05, 4.69) is 16.0 Å². The number of methoxy groups -OCH3 is 1. The summed E-state index contributed by atoms with van der Waals surface area (Å²) in [6.07, 6.45) is 0. The molecule has 0 aromatic carbocycles. The van der Waals surface area contributed by atoms with Crippen molar-refractivity contribution in [2.75, 3.05) is 26.8 Å². The lowest BCUT2D eigenvalue weighted by atomic mass is 10.1. The number of carbonyl (C=O) groups is 3. The highest BCUT2D eigenvalue weighted by Gasteiger charge is 2.16. The van der Waals surface area contributed by atoms with Gasteiger partial charge in [0, 0.05) is 7.11 Å². The monoisotopic (exact) mass is 275 g/mol. The largest absolute Gasteiger partial charge is 0.480 e. The number of carboxylic acids is 1. The average Bonchev–Trinajstić information content (AvgIpc) is 2.33. The lowest BCUT2D eigenvalue weighted by Crippen LogP contribution is -2.49. The van der Waals surface area contributed by atoms with Gasteiger partial charge in [0.15, 0.2) is 0 Å². The molecule has 0 bridgehead atoms. The van der Waals surface area contributed by atoms with Gasteiger partial charge in [0.2, 0.25) is 5.91 Å². The van der Waals surface area contributed by atoms with Crippen molar-refractivity contribution in [1.82, 2.24) is 16.0 Å². The van der Waals surface area contributed by atoms with Gasteiger partial charge in [-0.15, -0.1) is 0 Å². The fourth-order valence-electron chi connectivity index (χ4n) is 1.20. The molecule has 0 radical (unpaired) electrons. The first-order valence-electron chi connectivity index (χ1n) is 5.88. The average molecular weight is 275 g/mol. The van der Waals surface area contributed by atoms with E-state index in [1.54, 1.807) is 0 Å². The van der Waals surface area contributed by atoms with Crippen LogP contribution < -0.4 is 16.0 Å². The lowest BCUT2D eigenvalue weighted by molar-refractivity contribution is -0.137. The predicted octanol–water partition coefficient (Wildman–Crippen LogP) is -0.843. The van der Waals surface area contributed by atoms with Crippen LogP contribution in [0.3, 0.4) is 0 Å². The minimum absolute atomic E-state index is 0.160. The molecule has 1 atom stereocenters. The van der Waals surface area contributed by atoms with E-state index in [4.69, 9.17) is 9.84 Å². The number of carbonyl (C=O) groups excluding carboxylic acids is 2. The number of ether oxygens (including phenoxy) is 1. The van der Waals surface area contributed by atoms with Gasteiger partial charge in [-0.05, 0) is 5.92 Å². The van der Waals surface area contributed by atoms with Gasteiger partial charge in [0.05, 0.1) is 19.2 Å². The van der Waals surface area contributed by atoms with Crippen LogP contribution in [-0.2, 0) is 14.3 Å². The number of amides is 3. The third-order valence-electron chi connectivity index (χ3n) is 2.31. The van der Waals surface area contributed by atoms with Crippen LogP contribution in [-0.4, -0.2) is 55.9 Å². The molecule has 0 heterocycles. The molecule has 0 aliphatic carbocycles. The van der Waals surface area contributed by atoms with Crippen molar-refractivity contribution in [3.63, 3.8) is 0 Å². The maximum absolute atomic E-state index is 11.5. The zero-order valence-corrected chi connectivity index (χ0v) is 11.4. The third-order valence-corrected chi connectivity index (χ3v) is 2.31. The quantitative estimate of drug-likeness (QED) is 0.461. The highest BCUT2D eigenvalue weighted by molar-refractivity contribution is 5.86. The van der Waals surface area contributed by atoms with E-state index in [-0.39, 0.29) is 18.5 Å². The molecule has 0 aromatic rings. The van der Waals surface area contributed by atoms with Crippen molar-refractivity contribution in [2.24, 2.45) is 5.92 Å². The van der Waals surface area contributed by atoms with Crippen LogP contribution in [0.1, 0.15) is 13.8 Å². The number of aliphatic carboxylic acids is 1. The Morgan fingerprint density at radius 3 is 2.26 bits per heavy atom. The smallest absolute Gasteiger partial charge is 0.322 e. The van der Waals surface area contributed by atoms with Gasteiger partial charge in [-0.25, -0.2) is 4.79 Å². The third kappa shape index (κ3) is 8.83. The Morgan fingerprint density at radius 2 is 1.79 bits per heavy atom. The van der Waals surface area contributed by atoms with Gasteiger partial charge >= 0.3 is 12.0 Å². The number of nitrogens with one attached hydrogen (secondary N) is 3. The van der Waals surface area contributed by atoms with E-state index >= 15 is 0 Å². The first-order chi connectivity index (χ1) is 8.86. The van der Waals surface area contributed by atoms with E-state index in [1.807, 2.05) is 13.8 Å². The van der Waals surface area contributed by atoms with Gasteiger partial charge < -0.3 is 25.8 Å². The van der Waals surface area contributed by atoms with Gasteiger partial charge in [0.1, 0.15) is 6.54 Å². The van der Waals surface area contributed by atoms with Crippen LogP contribution in [0.2, 0.25) is 0 Å². The first-order valence-corrected chi connectivity index (χ1v) is 5.88. The molecule has 0 aromatic heterocycles. The highest BCUT2D eigenvalue weighted by atomic mass is 16.5. The standard InChI is InChI=1S/C11H21N3O5/c1-7(2)8(6-19-3)14-11(18)13-4-9(15)12-5-10(16)17/h7-8H,4-6H2,1-3H3,(H,12,15)(H,16,17)(H2,13,14,18). The Labute approximate surface area is 111 Å². The zero-order chi connectivity index (χ0) is 14.8. The summed E-state index contributed by atoms with van der Waals surface area (Å²) in [4.78, 5) is 32.9. The summed E-state index contributed by atoms with van der Waals surface area (Å²) in [7, 11) is 1.54. The van der Waals surface area contributed by atoms with Crippen LogP contribution in [0.4, 0.5) is 4.79 Å². The molecule has 0 saturated carbocycles. The van der Waals surface area contributed by atoms with Crippen LogP contribution >= 0.6 is 0 Å². The summed E-state index contributed by atoms with van der Waals surface area (Å²) in [5, 5.41) is 15.5. The second-order valence-corrected chi connectivity index (χ2v) is 4.30. The minimum Gasteiger partial charge on any atom is -0.480 e. The maximum Gasteiger partial charge on any atom is 0.322 e. The molecule has 0 fully saturated rings. The molecule has 3 amide bonds. The van der Waals surface area contributed by atoms with Crippen molar-refractivity contribution >= 4 is 17.9 Å². The van der Waals surface area contributed by atoms with E-state index in [9.17, 15) is 14.4 Å². The topological polar surface area (TPSA) is 117 Å². The summed E-state index contributed by atoms with van der Waals surface area (Å²) in [5.74, 6) is -1.52. The van der Waals surface area contributed by atoms with Crippen LogP contribution in [0, 0.1) is 5.92 Å². The van der Waals surface area contributed by atoms with Crippen molar-refractivity contribution in [3.05, 3.63) is 0 Å². The predicted molar refractivity (Wildman–Crippen MR) is 67.7 cm³/mol. The minimum atomic E-state index is -1.14. The van der Waals surface area contributed by atoms with Crippen molar-refractivity contribution in [3.8, 4) is 0 Å². The number of urea groups is 1. The van der Waals surface area contributed by atoms with Crippen molar-refractivity contribution in [2.45, 2.75) is 19.9 Å². The van der Waals surface area contributed by atoms with Gasteiger partial charge in [-0.1, -0.05) is 13.8 Å². The molecule has 19 heavy (non-hydrogen) atoms. The summed E-state index contributed by atoms with van der Waals surface area (Å²) >= 11 is 0. The molecule has 0 aliphatic rings. The Balaban J connectivity index is 3.96. The lowest BCUT2D eigenvalue weighted by Gasteiger charge is -2.21. The molecule has 110 valence electrons. The molecule has 1 unspecified atom stereocenters. The summed E-state index contributed by atoms with van der Waals surface area (Å²) in [5.41, 5.74) is 0. The molecule has 0 saturated heterocycles. The maximum atomic E-state index is 11.5. The molecule has 4 N–H and O–H groups in total. The normalized spacial score (nSPS) is 11.8. The number of hydrogen-bond acceptors (Lipinski definition) is 4. The molecule has 0 spiro atoms. The Hall–Kier alpha value is -1.83. The van der Waals surface area contributed by atoms with Crippen molar-refractivity contribution in [1.29, 1.82) is 0 Å². The van der Waals surface area contributed by atoms with E-state index < -0.39 is 24.5 Å². The summed E-state index contributed by atoms with van der Waals surface area (Å²) in [6.45, 7) is 3.49. The number of rotatable bonds is 8. The molecule has 0 aliphatic heterocycles. The molecular formula is C11H21N3O5. The van der Waals surface area contributed by atoms with Crippen molar-refractivity contribution < 1.29 is 24.2 Å². The molecule has 8 nitrogen and oxygen atoms in total. The Bertz CT molecular complexity index is 319. The molecular weight excluding hydrogens is 254 g/mol. The highest BCUT2D eigenvalue weighted by Crippen LogP contribution is 2.01. The van der Waals surface area contributed by atoms with Crippen LogP contribution in [0.25, 0.3) is 0 Å². The van der Waals surface area contributed by atoms with E-state index in [0.29, 0.717) is 6.61 Å². The zero-order valence-electron chi connectivity index (χ0n) is 11.4. The second-order valence-electron chi connectivity index (χ2n) is 4.30. The van der Waals surface area contributed by atoms with E-state index in [1.165, 1.54) is 7.11 Å². The number of hydrogen-bond donors (Lipinski definition) is 4. The fourth-order valence-corrected chi connectivity index (χ4v) is 1.20. The molecule has 8 heteroatoms. The Kier molecular flexibility index (Phi) is 8.27. The van der Waals surface area contributed by atoms with E-state index in [0.717, 1.165) is 0 Å². The van der Waals surface area contributed by atoms with Gasteiger partial charge in [-0.3, -0.25) is 9.59 Å². The van der Waals surface area contributed by atoms with Crippen LogP contribution in [0.15, 0.2) is 0 Å². The summed E-state index contributed by atoms with van der Waals surface area (Å²) in [6, 6.07) is -0.659. The van der Waals surface area contributed by atoms with Gasteiger partial charge in [0.25, 0.3) is 0 Å². The molecule has 0 rings (SSSR count). The SMILES string of the molecule is COCC(NC(=O)NCC(=O)NCC(=O)O)C(C)C.